The van der Waals surface area contributed by atoms with E-state index >= 15 is 0 Å². The highest BCUT2D eigenvalue weighted by atomic mass is 16.6. The zero-order valence-corrected chi connectivity index (χ0v) is 16.8. The molecule has 0 amide bonds. The number of carbonyl (C=O) groups excluding carboxylic acids is 1. The van der Waals surface area contributed by atoms with Gasteiger partial charge in [-0.05, 0) is 51.3 Å². The third-order valence-electron chi connectivity index (χ3n) is 6.91. The number of esters is 1. The van der Waals surface area contributed by atoms with E-state index in [9.17, 15) is 4.79 Å². The molecule has 2 aliphatic heterocycles. The van der Waals surface area contributed by atoms with Gasteiger partial charge in [0.2, 0.25) is 0 Å². The fraction of sp³-hybridized carbons (Fsp3) is 0.708. The van der Waals surface area contributed by atoms with Crippen molar-refractivity contribution in [1.82, 2.24) is 4.90 Å². The normalized spacial score (nSPS) is 24.8. The Morgan fingerprint density at radius 2 is 1.71 bits per heavy atom. The summed E-state index contributed by atoms with van der Waals surface area (Å²) in [6.07, 6.45) is 9.13. The van der Waals surface area contributed by atoms with E-state index in [1.54, 1.807) is 0 Å². The van der Waals surface area contributed by atoms with Crippen LogP contribution in [-0.4, -0.2) is 49.7 Å². The van der Waals surface area contributed by atoms with Gasteiger partial charge in [0.05, 0.1) is 5.41 Å². The topological polar surface area (TPSA) is 32.8 Å². The number of cyclic esters (lactones) is 1. The second-order valence-corrected chi connectivity index (χ2v) is 8.88. The number of hydrogen-bond donors (Lipinski definition) is 0. The van der Waals surface area contributed by atoms with Gasteiger partial charge in [-0.25, -0.2) is 0 Å². The van der Waals surface area contributed by atoms with Gasteiger partial charge >= 0.3 is 5.97 Å². The van der Waals surface area contributed by atoms with E-state index in [4.69, 9.17) is 4.74 Å². The van der Waals surface area contributed by atoms with Crippen LogP contribution in [0.15, 0.2) is 24.3 Å². The number of ether oxygens (including phenoxy) is 1. The predicted octanol–water partition coefficient (Wildman–Crippen LogP) is 4.80. The zero-order chi connectivity index (χ0) is 18.7. The lowest BCUT2D eigenvalue weighted by atomic mass is 9.72. The Kier molecular flexibility index (Phi) is 7.03. The van der Waals surface area contributed by atoms with E-state index in [1.165, 1.54) is 30.5 Å². The molecule has 4 heteroatoms. The maximum absolute atomic E-state index is 12.4. The van der Waals surface area contributed by atoms with Gasteiger partial charge in [0.1, 0.15) is 6.10 Å². The Morgan fingerprint density at radius 1 is 1.04 bits per heavy atom. The number of piperazine rings is 1. The van der Waals surface area contributed by atoms with Gasteiger partial charge < -0.3 is 9.64 Å². The smallest absolute Gasteiger partial charge is 0.312 e. The van der Waals surface area contributed by atoms with Crippen LogP contribution in [0.2, 0.25) is 0 Å². The summed E-state index contributed by atoms with van der Waals surface area (Å²) in [6, 6.07) is 8.87. The van der Waals surface area contributed by atoms with Crippen LogP contribution in [0.1, 0.15) is 64.4 Å². The van der Waals surface area contributed by atoms with Crippen LogP contribution in [0.3, 0.4) is 0 Å². The van der Waals surface area contributed by atoms with E-state index in [2.05, 4.69) is 41.0 Å². The quantitative estimate of drug-likeness (QED) is 0.681. The number of anilines is 1. The molecular weight excluding hydrogens is 348 g/mol. The van der Waals surface area contributed by atoms with Crippen LogP contribution in [0, 0.1) is 12.3 Å². The molecule has 0 bridgehead atoms. The van der Waals surface area contributed by atoms with Crippen molar-refractivity contribution in [3.63, 3.8) is 0 Å². The molecule has 1 aromatic carbocycles. The fourth-order valence-electron chi connectivity index (χ4n) is 5.16. The third-order valence-corrected chi connectivity index (χ3v) is 6.91. The molecule has 1 aliphatic carbocycles. The summed E-state index contributed by atoms with van der Waals surface area (Å²) >= 11 is 0. The van der Waals surface area contributed by atoms with Crippen LogP contribution in [0.4, 0.5) is 5.69 Å². The summed E-state index contributed by atoms with van der Waals surface area (Å²) in [5.41, 5.74) is 2.55. The van der Waals surface area contributed by atoms with Crippen molar-refractivity contribution >= 4 is 11.7 Å². The lowest BCUT2D eigenvalue weighted by Gasteiger charge is -2.36. The van der Waals surface area contributed by atoms with Crippen molar-refractivity contribution in [2.24, 2.45) is 5.41 Å². The van der Waals surface area contributed by atoms with Gasteiger partial charge in [-0.2, -0.15) is 0 Å². The maximum Gasteiger partial charge on any atom is 0.312 e. The largest absolute Gasteiger partial charge is 0.462 e. The number of carbonyl (C=O) groups is 1. The van der Waals surface area contributed by atoms with Crippen molar-refractivity contribution in [2.45, 2.75) is 71.8 Å². The number of nitrogens with zero attached hydrogens (tertiary/aromatic N) is 2. The number of rotatable bonds is 5. The number of benzene rings is 1. The molecule has 156 valence electrons. The fourth-order valence-corrected chi connectivity index (χ4v) is 5.16. The molecule has 3 fully saturated rings. The van der Waals surface area contributed by atoms with E-state index < -0.39 is 0 Å². The molecule has 1 spiro atoms. The first-order chi connectivity index (χ1) is 13.1. The lowest BCUT2D eigenvalue weighted by molar-refractivity contribution is -0.150. The molecule has 3 aliphatic rings. The van der Waals surface area contributed by atoms with E-state index in [0.29, 0.717) is 0 Å². The van der Waals surface area contributed by atoms with E-state index in [1.807, 2.05) is 0 Å². The third kappa shape index (κ3) is 4.71. The minimum absolute atomic E-state index is 0. The first kappa shape index (κ1) is 21.2. The highest BCUT2D eigenvalue weighted by Gasteiger charge is 2.48. The number of aryl methyl sites for hydroxylation is 1. The molecule has 28 heavy (non-hydrogen) atoms. The highest BCUT2D eigenvalue weighted by Crippen LogP contribution is 2.46. The van der Waals surface area contributed by atoms with Gasteiger partial charge in [0.15, 0.2) is 0 Å². The summed E-state index contributed by atoms with van der Waals surface area (Å²) in [7, 11) is 0. The lowest BCUT2D eigenvalue weighted by Crippen LogP contribution is -2.46. The minimum atomic E-state index is -0.109. The molecule has 1 atom stereocenters. The SMILES string of the molecule is C.Cc1ccc(N2CCN(CCCC3CC4(CCCCC4)C(=O)O3)CC2)cc1. The average Bonchev–Trinajstić information content (AvgIpc) is 2.98. The summed E-state index contributed by atoms with van der Waals surface area (Å²) in [4.78, 5) is 17.4. The van der Waals surface area contributed by atoms with Gasteiger partial charge in [-0.3, -0.25) is 9.69 Å². The van der Waals surface area contributed by atoms with Crippen molar-refractivity contribution in [2.75, 3.05) is 37.6 Å². The zero-order valence-electron chi connectivity index (χ0n) is 16.8. The molecule has 1 saturated carbocycles. The van der Waals surface area contributed by atoms with Gasteiger partial charge in [0.25, 0.3) is 0 Å². The van der Waals surface area contributed by atoms with Crippen molar-refractivity contribution in [3.8, 4) is 0 Å². The Labute approximate surface area is 171 Å². The van der Waals surface area contributed by atoms with Crippen LogP contribution in [0.25, 0.3) is 0 Å². The summed E-state index contributed by atoms with van der Waals surface area (Å²) in [5, 5.41) is 0. The maximum atomic E-state index is 12.4. The second kappa shape index (κ2) is 9.30. The first-order valence-electron chi connectivity index (χ1n) is 10.9. The van der Waals surface area contributed by atoms with E-state index in [-0.39, 0.29) is 24.9 Å². The Morgan fingerprint density at radius 3 is 2.39 bits per heavy atom. The van der Waals surface area contributed by atoms with Crippen LogP contribution >= 0.6 is 0 Å². The average molecular weight is 387 g/mol. The molecule has 0 aromatic heterocycles. The van der Waals surface area contributed by atoms with E-state index in [0.717, 1.165) is 64.8 Å². The van der Waals surface area contributed by atoms with Gasteiger partial charge in [-0.1, -0.05) is 44.4 Å². The molecule has 4 rings (SSSR count). The molecule has 4 nitrogen and oxygen atoms in total. The van der Waals surface area contributed by atoms with Gasteiger partial charge in [0, 0.05) is 38.3 Å². The molecule has 1 unspecified atom stereocenters. The minimum Gasteiger partial charge on any atom is -0.462 e. The highest BCUT2D eigenvalue weighted by molar-refractivity contribution is 5.79. The van der Waals surface area contributed by atoms with Gasteiger partial charge in [-0.15, -0.1) is 0 Å². The molecule has 0 N–H and O–H groups in total. The molecule has 0 radical (unpaired) electrons. The summed E-state index contributed by atoms with van der Waals surface area (Å²) < 4.78 is 5.76. The van der Waals surface area contributed by atoms with Crippen molar-refractivity contribution < 1.29 is 9.53 Å². The molecule has 1 aromatic rings. The molecular formula is C24H38N2O2. The monoisotopic (exact) mass is 386 g/mol. The number of hydrogen-bond acceptors (Lipinski definition) is 4. The standard InChI is InChI=1S/C23H34N2O2.CH4/c1-19-7-9-20(10-8-19)25-16-14-24(15-17-25)13-5-6-21-18-23(22(26)27-21)11-3-2-4-12-23;/h7-10,21H,2-6,11-18H2,1H3;1H4. The Bertz CT molecular complexity index is 629. The van der Waals surface area contributed by atoms with Crippen LogP contribution < -0.4 is 4.90 Å². The molecule has 2 saturated heterocycles. The molecule has 2 heterocycles. The first-order valence-corrected chi connectivity index (χ1v) is 10.9. The summed E-state index contributed by atoms with van der Waals surface area (Å²) in [5.74, 6) is 0.110. The van der Waals surface area contributed by atoms with Crippen molar-refractivity contribution in [3.05, 3.63) is 29.8 Å². The van der Waals surface area contributed by atoms with Crippen LogP contribution in [0.5, 0.6) is 0 Å². The van der Waals surface area contributed by atoms with Crippen LogP contribution in [-0.2, 0) is 9.53 Å². The Hall–Kier alpha value is -1.55. The van der Waals surface area contributed by atoms with Crippen molar-refractivity contribution in [1.29, 1.82) is 0 Å². The predicted molar refractivity (Wildman–Crippen MR) is 116 cm³/mol. The second-order valence-electron chi connectivity index (χ2n) is 8.88. The Balaban J connectivity index is 0.00000225. The summed E-state index contributed by atoms with van der Waals surface area (Å²) in [6.45, 7) is 7.72.